The van der Waals surface area contributed by atoms with Crippen molar-refractivity contribution in [3.63, 3.8) is 0 Å². The molecule has 5 heteroatoms. The second kappa shape index (κ2) is 4.07. The van der Waals surface area contributed by atoms with Gasteiger partial charge in [-0.2, -0.15) is 0 Å². The van der Waals surface area contributed by atoms with Gasteiger partial charge >= 0.3 is 0 Å². The number of benzene rings is 1. The Kier molecular flexibility index (Phi) is 3.27. The van der Waals surface area contributed by atoms with E-state index in [1.54, 1.807) is 0 Å². The van der Waals surface area contributed by atoms with Crippen LogP contribution in [0.5, 0.6) is 0 Å². The predicted molar refractivity (Wildman–Crippen MR) is 49.0 cm³/mol. The number of Topliss-reactive ketones (excluding diaryl/α,β-unsaturated/α-hetero) is 1. The summed E-state index contributed by atoms with van der Waals surface area (Å²) in [5, 5.41) is 17.7. The van der Waals surface area contributed by atoms with Gasteiger partial charge in [0, 0.05) is 10.6 Å². The van der Waals surface area contributed by atoms with Gasteiger partial charge in [-0.25, -0.2) is 0 Å². The Morgan fingerprint density at radius 1 is 1.31 bits per heavy atom. The molecule has 13 heavy (non-hydrogen) atoms. The summed E-state index contributed by atoms with van der Waals surface area (Å²) >= 11 is 11.2. The number of hydrogen-bond acceptors (Lipinski definition) is 3. The molecule has 0 aliphatic carbocycles. The zero-order valence-corrected chi connectivity index (χ0v) is 7.88. The van der Waals surface area contributed by atoms with Crippen LogP contribution in [0, 0.1) is 0 Å². The average Bonchev–Trinajstić information content (AvgIpc) is 2.03. The normalized spacial score (nSPS) is 10.5. The van der Waals surface area contributed by atoms with Crippen LogP contribution >= 0.6 is 23.2 Å². The summed E-state index contributed by atoms with van der Waals surface area (Å²) in [6.07, 6.45) is -2.04. The highest BCUT2D eigenvalue weighted by Gasteiger charge is 2.16. The Balaban J connectivity index is 3.09. The molecule has 0 radical (unpaired) electrons. The fourth-order valence-corrected chi connectivity index (χ4v) is 1.33. The number of aliphatic hydroxyl groups is 2. The fourth-order valence-electron chi connectivity index (χ4n) is 0.828. The van der Waals surface area contributed by atoms with E-state index in [0.717, 1.165) is 0 Å². The zero-order chi connectivity index (χ0) is 10.0. The van der Waals surface area contributed by atoms with Crippen molar-refractivity contribution < 1.29 is 15.0 Å². The van der Waals surface area contributed by atoms with Crippen LogP contribution in [-0.4, -0.2) is 22.3 Å². The summed E-state index contributed by atoms with van der Waals surface area (Å²) in [4.78, 5) is 11.0. The smallest absolute Gasteiger partial charge is 0.219 e. The lowest BCUT2D eigenvalue weighted by molar-refractivity contribution is -0.0195. The summed E-state index contributed by atoms with van der Waals surface area (Å²) < 4.78 is 0. The van der Waals surface area contributed by atoms with Crippen LogP contribution in [0.4, 0.5) is 0 Å². The molecule has 3 nitrogen and oxygen atoms in total. The molecule has 0 bridgehead atoms. The number of rotatable bonds is 2. The van der Waals surface area contributed by atoms with Crippen molar-refractivity contribution in [1.29, 1.82) is 0 Å². The molecule has 1 aromatic rings. The number of halogens is 2. The monoisotopic (exact) mass is 220 g/mol. The first kappa shape index (κ1) is 10.5. The first-order valence-corrected chi connectivity index (χ1v) is 4.13. The van der Waals surface area contributed by atoms with Gasteiger partial charge in [0.25, 0.3) is 0 Å². The van der Waals surface area contributed by atoms with Gasteiger partial charge in [-0.3, -0.25) is 4.79 Å². The van der Waals surface area contributed by atoms with E-state index in [0.29, 0.717) is 5.02 Å². The van der Waals surface area contributed by atoms with Gasteiger partial charge < -0.3 is 10.2 Å². The molecule has 0 aliphatic heterocycles. The summed E-state index contributed by atoms with van der Waals surface area (Å²) in [5.41, 5.74) is 0.0427. The molecule has 0 unspecified atom stereocenters. The molecule has 0 spiro atoms. The Morgan fingerprint density at radius 2 is 1.92 bits per heavy atom. The molecule has 0 atom stereocenters. The second-order valence-corrected chi connectivity index (χ2v) is 3.21. The number of aliphatic hydroxyl groups excluding tert-OH is 1. The third-order valence-electron chi connectivity index (χ3n) is 1.43. The Labute approximate surface area is 84.5 Å². The van der Waals surface area contributed by atoms with Gasteiger partial charge in [0.2, 0.25) is 12.1 Å². The molecular weight excluding hydrogens is 215 g/mol. The van der Waals surface area contributed by atoms with Crippen molar-refractivity contribution in [2.45, 2.75) is 6.29 Å². The highest BCUT2D eigenvalue weighted by Crippen LogP contribution is 2.21. The van der Waals surface area contributed by atoms with Gasteiger partial charge in [0.1, 0.15) is 0 Å². The van der Waals surface area contributed by atoms with Gasteiger partial charge in [-0.1, -0.05) is 23.2 Å². The van der Waals surface area contributed by atoms with Crippen molar-refractivity contribution in [2.24, 2.45) is 0 Å². The lowest BCUT2D eigenvalue weighted by Crippen LogP contribution is -2.19. The van der Waals surface area contributed by atoms with Gasteiger partial charge in [0.15, 0.2) is 0 Å². The minimum atomic E-state index is -2.04. The van der Waals surface area contributed by atoms with E-state index in [4.69, 9.17) is 33.4 Å². The molecule has 0 fully saturated rings. The summed E-state index contributed by atoms with van der Waals surface area (Å²) in [6.45, 7) is 0. The first-order chi connectivity index (χ1) is 6.02. The van der Waals surface area contributed by atoms with E-state index in [1.807, 2.05) is 0 Å². The maximum absolute atomic E-state index is 11.0. The van der Waals surface area contributed by atoms with Crippen LogP contribution in [0.15, 0.2) is 18.2 Å². The standard InChI is InChI=1S/C8H6Cl2O3/c9-4-1-2-5(6(10)3-4)7(11)8(12)13/h1-3,8,12-13H. The molecule has 0 aromatic heterocycles. The van der Waals surface area contributed by atoms with Crippen LogP contribution in [-0.2, 0) is 0 Å². The van der Waals surface area contributed by atoms with Crippen molar-refractivity contribution >= 4 is 29.0 Å². The summed E-state index contributed by atoms with van der Waals surface area (Å²) in [5.74, 6) is -0.846. The largest absolute Gasteiger partial charge is 0.362 e. The van der Waals surface area contributed by atoms with E-state index < -0.39 is 12.1 Å². The Bertz CT molecular complexity index is 336. The summed E-state index contributed by atoms with van der Waals surface area (Å²) in [7, 11) is 0. The fraction of sp³-hybridized carbons (Fsp3) is 0.125. The van der Waals surface area contributed by atoms with Gasteiger partial charge in [0.05, 0.1) is 5.02 Å². The number of carbonyl (C=O) groups is 1. The SMILES string of the molecule is O=C(c1ccc(Cl)cc1Cl)C(O)O. The third-order valence-corrected chi connectivity index (χ3v) is 1.98. The molecular formula is C8H6Cl2O3. The minimum absolute atomic E-state index is 0.0427. The molecule has 70 valence electrons. The molecule has 0 saturated heterocycles. The number of carbonyl (C=O) groups excluding carboxylic acids is 1. The molecule has 1 aromatic carbocycles. The quantitative estimate of drug-likeness (QED) is 0.587. The van der Waals surface area contributed by atoms with E-state index in [2.05, 4.69) is 0 Å². The van der Waals surface area contributed by atoms with E-state index in [-0.39, 0.29) is 10.6 Å². The second-order valence-electron chi connectivity index (χ2n) is 2.36. The van der Waals surface area contributed by atoms with Gasteiger partial charge in [-0.15, -0.1) is 0 Å². The average molecular weight is 221 g/mol. The number of hydrogen-bond donors (Lipinski definition) is 2. The highest BCUT2D eigenvalue weighted by molar-refractivity contribution is 6.36. The molecule has 0 heterocycles. The van der Waals surface area contributed by atoms with E-state index in [9.17, 15) is 4.79 Å². The predicted octanol–water partition coefficient (Wildman–Crippen LogP) is 1.49. The lowest BCUT2D eigenvalue weighted by atomic mass is 10.1. The summed E-state index contributed by atoms with van der Waals surface area (Å²) in [6, 6.07) is 4.15. The minimum Gasteiger partial charge on any atom is -0.362 e. The van der Waals surface area contributed by atoms with E-state index >= 15 is 0 Å². The van der Waals surface area contributed by atoms with Crippen LogP contribution in [0.25, 0.3) is 0 Å². The maximum atomic E-state index is 11.0. The Hall–Kier alpha value is -0.610. The van der Waals surface area contributed by atoms with Crippen LogP contribution in [0.2, 0.25) is 10.0 Å². The maximum Gasteiger partial charge on any atom is 0.219 e. The van der Waals surface area contributed by atoms with Crippen molar-refractivity contribution in [3.05, 3.63) is 33.8 Å². The third kappa shape index (κ3) is 2.42. The molecule has 1 rings (SSSR count). The molecule has 2 N–H and O–H groups in total. The molecule has 0 amide bonds. The van der Waals surface area contributed by atoms with E-state index in [1.165, 1.54) is 18.2 Å². The topological polar surface area (TPSA) is 57.5 Å². The zero-order valence-electron chi connectivity index (χ0n) is 6.37. The van der Waals surface area contributed by atoms with Crippen LogP contribution < -0.4 is 0 Å². The number of ketones is 1. The first-order valence-electron chi connectivity index (χ1n) is 3.38. The van der Waals surface area contributed by atoms with Crippen molar-refractivity contribution in [1.82, 2.24) is 0 Å². The van der Waals surface area contributed by atoms with Crippen molar-refractivity contribution in [2.75, 3.05) is 0 Å². The van der Waals surface area contributed by atoms with Crippen LogP contribution in [0.1, 0.15) is 10.4 Å². The van der Waals surface area contributed by atoms with Crippen LogP contribution in [0.3, 0.4) is 0 Å². The van der Waals surface area contributed by atoms with Gasteiger partial charge in [-0.05, 0) is 18.2 Å². The molecule has 0 aliphatic rings. The molecule has 0 saturated carbocycles. The lowest BCUT2D eigenvalue weighted by Gasteiger charge is -2.04. The van der Waals surface area contributed by atoms with Crippen molar-refractivity contribution in [3.8, 4) is 0 Å². The highest BCUT2D eigenvalue weighted by atomic mass is 35.5. The Morgan fingerprint density at radius 3 is 2.38 bits per heavy atom.